The van der Waals surface area contributed by atoms with Gasteiger partial charge in [0.05, 0.1) is 8.66 Å². The summed E-state index contributed by atoms with van der Waals surface area (Å²) in [6.45, 7) is 2.19. The minimum Gasteiger partial charge on any atom is -0.348 e. The van der Waals surface area contributed by atoms with Gasteiger partial charge in [0.2, 0.25) is 0 Å². The molecule has 88 valence electrons. The topological polar surface area (TPSA) is 29.1 Å². The van der Waals surface area contributed by atoms with E-state index in [9.17, 15) is 4.79 Å². The second-order valence-electron chi connectivity index (χ2n) is 4.10. The molecular formula is C11H13Br2NOS. The standard InChI is InChI=1S/C11H13Br2NOS/c1-2-3-6-4-8(6)14-11(15)9-5-7(12)10(13)16-9/h5-6,8H,2-4H2,1H3,(H,14,15). The summed E-state index contributed by atoms with van der Waals surface area (Å²) < 4.78 is 1.92. The van der Waals surface area contributed by atoms with Crippen LogP contribution in [-0.2, 0) is 0 Å². The second kappa shape index (κ2) is 5.19. The van der Waals surface area contributed by atoms with Gasteiger partial charge in [-0.3, -0.25) is 4.79 Å². The van der Waals surface area contributed by atoms with Gasteiger partial charge in [-0.25, -0.2) is 0 Å². The van der Waals surface area contributed by atoms with E-state index in [1.54, 1.807) is 0 Å². The maximum Gasteiger partial charge on any atom is 0.261 e. The van der Waals surface area contributed by atoms with Crippen LogP contribution in [0.15, 0.2) is 14.3 Å². The van der Waals surface area contributed by atoms with E-state index >= 15 is 0 Å². The van der Waals surface area contributed by atoms with Crippen LogP contribution in [0.3, 0.4) is 0 Å². The lowest BCUT2D eigenvalue weighted by molar-refractivity contribution is 0.0953. The maximum atomic E-state index is 11.9. The van der Waals surface area contributed by atoms with E-state index in [1.807, 2.05) is 6.07 Å². The first-order valence-corrected chi connectivity index (χ1v) is 7.77. The van der Waals surface area contributed by atoms with Crippen LogP contribution in [0.25, 0.3) is 0 Å². The zero-order valence-corrected chi connectivity index (χ0v) is 12.9. The number of carbonyl (C=O) groups is 1. The van der Waals surface area contributed by atoms with Crippen LogP contribution in [0.2, 0.25) is 0 Å². The number of amides is 1. The molecule has 1 fully saturated rings. The Morgan fingerprint density at radius 3 is 2.94 bits per heavy atom. The van der Waals surface area contributed by atoms with E-state index in [2.05, 4.69) is 44.1 Å². The number of hydrogen-bond donors (Lipinski definition) is 1. The lowest BCUT2D eigenvalue weighted by atomic mass is 10.2. The molecule has 0 aromatic carbocycles. The zero-order valence-electron chi connectivity index (χ0n) is 8.93. The molecule has 2 rings (SSSR count). The van der Waals surface area contributed by atoms with Gasteiger partial charge in [0.1, 0.15) is 0 Å². The van der Waals surface area contributed by atoms with Crippen molar-refractivity contribution in [2.75, 3.05) is 0 Å². The third-order valence-corrected chi connectivity index (χ3v) is 6.02. The van der Waals surface area contributed by atoms with Crippen molar-refractivity contribution in [3.63, 3.8) is 0 Å². The molecular weight excluding hydrogens is 354 g/mol. The third-order valence-electron chi connectivity index (χ3n) is 2.77. The van der Waals surface area contributed by atoms with Crippen LogP contribution in [-0.4, -0.2) is 11.9 Å². The highest BCUT2D eigenvalue weighted by Gasteiger charge is 2.37. The van der Waals surface area contributed by atoms with E-state index in [0.29, 0.717) is 12.0 Å². The Morgan fingerprint density at radius 1 is 1.62 bits per heavy atom. The molecule has 0 bridgehead atoms. The largest absolute Gasteiger partial charge is 0.348 e. The zero-order chi connectivity index (χ0) is 11.7. The lowest BCUT2D eigenvalue weighted by Crippen LogP contribution is -2.25. The van der Waals surface area contributed by atoms with Gasteiger partial charge in [0, 0.05) is 10.5 Å². The molecule has 1 aromatic heterocycles. The van der Waals surface area contributed by atoms with Gasteiger partial charge < -0.3 is 5.32 Å². The fraction of sp³-hybridized carbons (Fsp3) is 0.545. The van der Waals surface area contributed by atoms with Gasteiger partial charge >= 0.3 is 0 Å². The molecule has 1 aromatic rings. The normalized spacial score (nSPS) is 23.2. The summed E-state index contributed by atoms with van der Waals surface area (Å²) in [6, 6.07) is 2.27. The van der Waals surface area contributed by atoms with Crippen LogP contribution in [0.4, 0.5) is 0 Å². The fourth-order valence-corrected chi connectivity index (χ4v) is 3.75. The highest BCUT2D eigenvalue weighted by Crippen LogP contribution is 2.36. The smallest absolute Gasteiger partial charge is 0.261 e. The molecule has 1 heterocycles. The highest BCUT2D eigenvalue weighted by atomic mass is 79.9. The minimum atomic E-state index is 0.0556. The second-order valence-corrected chi connectivity index (χ2v) is 7.32. The van der Waals surface area contributed by atoms with E-state index < -0.39 is 0 Å². The number of nitrogens with one attached hydrogen (secondary N) is 1. The Hall–Kier alpha value is 0.130. The third kappa shape index (κ3) is 2.87. The molecule has 1 saturated carbocycles. The minimum absolute atomic E-state index is 0.0556. The molecule has 0 saturated heterocycles. The van der Waals surface area contributed by atoms with Gasteiger partial charge in [-0.05, 0) is 56.7 Å². The molecule has 1 N–H and O–H groups in total. The van der Waals surface area contributed by atoms with Crippen molar-refractivity contribution in [3.05, 3.63) is 19.2 Å². The predicted octanol–water partition coefficient (Wildman–Crippen LogP) is 4.19. The van der Waals surface area contributed by atoms with Crippen LogP contribution >= 0.6 is 43.2 Å². The monoisotopic (exact) mass is 365 g/mol. The van der Waals surface area contributed by atoms with Gasteiger partial charge in [0.15, 0.2) is 0 Å². The van der Waals surface area contributed by atoms with Crippen molar-refractivity contribution < 1.29 is 4.79 Å². The molecule has 1 aliphatic carbocycles. The first-order valence-electron chi connectivity index (χ1n) is 5.37. The van der Waals surface area contributed by atoms with Gasteiger partial charge in [-0.15, -0.1) is 11.3 Å². The maximum absolute atomic E-state index is 11.9. The summed E-state index contributed by atoms with van der Waals surface area (Å²) in [7, 11) is 0. The average Bonchev–Trinajstić information content (AvgIpc) is 2.86. The van der Waals surface area contributed by atoms with Crippen LogP contribution in [0, 0.1) is 5.92 Å². The fourth-order valence-electron chi connectivity index (χ4n) is 1.81. The number of thiophene rings is 1. The Kier molecular flexibility index (Phi) is 4.08. The Morgan fingerprint density at radius 2 is 2.38 bits per heavy atom. The Labute approximate surface area is 116 Å². The van der Waals surface area contributed by atoms with E-state index in [0.717, 1.165) is 19.6 Å². The summed E-state index contributed by atoms with van der Waals surface area (Å²) in [5, 5.41) is 3.08. The van der Waals surface area contributed by atoms with Gasteiger partial charge in [-0.2, -0.15) is 0 Å². The molecule has 16 heavy (non-hydrogen) atoms. The molecule has 0 spiro atoms. The number of halogens is 2. The van der Waals surface area contributed by atoms with Crippen molar-refractivity contribution in [2.24, 2.45) is 5.92 Å². The van der Waals surface area contributed by atoms with E-state index in [4.69, 9.17) is 0 Å². The quantitative estimate of drug-likeness (QED) is 0.850. The summed E-state index contributed by atoms with van der Waals surface area (Å²) in [6.07, 6.45) is 3.57. The van der Waals surface area contributed by atoms with Crippen molar-refractivity contribution in [1.82, 2.24) is 5.32 Å². The van der Waals surface area contributed by atoms with E-state index in [-0.39, 0.29) is 5.91 Å². The molecule has 1 aliphatic rings. The summed E-state index contributed by atoms with van der Waals surface area (Å²) in [5.74, 6) is 0.765. The first kappa shape index (κ1) is 12.6. The SMILES string of the molecule is CCCC1CC1NC(=O)c1cc(Br)c(Br)s1. The van der Waals surface area contributed by atoms with Gasteiger partial charge in [-0.1, -0.05) is 13.3 Å². The molecule has 0 radical (unpaired) electrons. The molecule has 2 unspecified atom stereocenters. The molecule has 2 nitrogen and oxygen atoms in total. The van der Waals surface area contributed by atoms with E-state index in [1.165, 1.54) is 24.2 Å². The van der Waals surface area contributed by atoms with Crippen molar-refractivity contribution in [3.8, 4) is 0 Å². The van der Waals surface area contributed by atoms with Crippen LogP contribution in [0.1, 0.15) is 35.9 Å². The summed E-state index contributed by atoms with van der Waals surface area (Å²) in [5.41, 5.74) is 0. The molecule has 5 heteroatoms. The van der Waals surface area contributed by atoms with Crippen molar-refractivity contribution >= 4 is 49.1 Å². The first-order chi connectivity index (χ1) is 7.61. The van der Waals surface area contributed by atoms with Crippen LogP contribution in [0.5, 0.6) is 0 Å². The van der Waals surface area contributed by atoms with Crippen LogP contribution < -0.4 is 5.32 Å². The average molecular weight is 367 g/mol. The van der Waals surface area contributed by atoms with Crippen molar-refractivity contribution in [1.29, 1.82) is 0 Å². The number of rotatable bonds is 4. The highest BCUT2D eigenvalue weighted by molar-refractivity contribution is 9.13. The summed E-state index contributed by atoms with van der Waals surface area (Å²) in [4.78, 5) is 12.6. The molecule has 1 amide bonds. The lowest BCUT2D eigenvalue weighted by Gasteiger charge is -2.01. The Bertz CT molecular complexity index is 385. The summed E-state index contributed by atoms with van der Waals surface area (Å²) >= 11 is 8.25. The number of hydrogen-bond acceptors (Lipinski definition) is 2. The van der Waals surface area contributed by atoms with Crippen molar-refractivity contribution in [2.45, 2.75) is 32.2 Å². The predicted molar refractivity (Wildman–Crippen MR) is 74.0 cm³/mol. The molecule has 0 aliphatic heterocycles. The Balaban J connectivity index is 1.90. The molecule has 2 atom stereocenters. The van der Waals surface area contributed by atoms with Gasteiger partial charge in [0.25, 0.3) is 5.91 Å². The number of carbonyl (C=O) groups excluding carboxylic acids is 1.